The van der Waals surface area contributed by atoms with E-state index in [1.54, 1.807) is 45.0 Å². The minimum atomic E-state index is -0.966. The molecule has 7 amide bonds. The van der Waals surface area contributed by atoms with Gasteiger partial charge in [0.1, 0.15) is 24.2 Å². The molecule has 0 radical (unpaired) electrons. The molecule has 0 bridgehead atoms. The van der Waals surface area contributed by atoms with Gasteiger partial charge in [-0.05, 0) is 116 Å². The second-order valence-corrected chi connectivity index (χ2v) is 24.0. The van der Waals surface area contributed by atoms with E-state index in [1.165, 1.54) is 10.5 Å². The monoisotopic (exact) mass is 1080 g/mol. The molecule has 0 saturated carbocycles. The molecular weight excluding hydrogens is 995 g/mol. The third-order valence-electron chi connectivity index (χ3n) is 16.2. The number of carbonyl (C=O) groups is 7. The molecule has 0 aromatic heterocycles. The molecule has 16 nitrogen and oxygen atoms in total. The molecule has 2 heterocycles. The molecule has 2 aliphatic heterocycles. The van der Waals surface area contributed by atoms with Gasteiger partial charge in [0.25, 0.3) is 5.91 Å². The Morgan fingerprint density at radius 2 is 1.22 bits per heavy atom. The molecule has 1 fully saturated rings. The van der Waals surface area contributed by atoms with Crippen molar-refractivity contribution in [3.63, 3.8) is 0 Å². The summed E-state index contributed by atoms with van der Waals surface area (Å²) in [6.45, 7) is 17.3. The fraction of sp³-hybridized carbons (Fsp3) is 0.508. The predicted octanol–water partition coefficient (Wildman–Crippen LogP) is 6.68. The summed E-state index contributed by atoms with van der Waals surface area (Å²) >= 11 is 0. The average molecular weight is 1080 g/mol. The molecule has 0 spiro atoms. The van der Waals surface area contributed by atoms with E-state index in [4.69, 9.17) is 0 Å². The Morgan fingerprint density at radius 1 is 0.658 bits per heavy atom. The first-order valence-corrected chi connectivity index (χ1v) is 28.3. The Labute approximate surface area is 468 Å². The first-order valence-electron chi connectivity index (χ1n) is 28.3. The zero-order valence-corrected chi connectivity index (χ0v) is 48.3. The number of hydrogen-bond acceptors (Lipinski definition) is 9. The van der Waals surface area contributed by atoms with Crippen molar-refractivity contribution >= 4 is 41.4 Å². The van der Waals surface area contributed by atoms with Gasteiger partial charge in [0.05, 0.1) is 24.2 Å². The van der Waals surface area contributed by atoms with Crippen LogP contribution in [0.3, 0.4) is 0 Å². The van der Waals surface area contributed by atoms with E-state index in [9.17, 15) is 24.0 Å². The molecule has 4 aromatic rings. The van der Waals surface area contributed by atoms with Crippen LogP contribution in [0.5, 0.6) is 0 Å². The van der Waals surface area contributed by atoms with Crippen LogP contribution in [0.25, 0.3) is 0 Å². The molecule has 79 heavy (non-hydrogen) atoms. The third kappa shape index (κ3) is 14.3. The van der Waals surface area contributed by atoms with Gasteiger partial charge in [-0.2, -0.15) is 0 Å². The van der Waals surface area contributed by atoms with Crippen molar-refractivity contribution in [3.8, 4) is 0 Å². The van der Waals surface area contributed by atoms with Gasteiger partial charge in [-0.3, -0.25) is 33.6 Å². The fourth-order valence-corrected chi connectivity index (χ4v) is 11.2. The highest BCUT2D eigenvalue weighted by Gasteiger charge is 2.47. The van der Waals surface area contributed by atoms with Crippen molar-refractivity contribution in [1.29, 1.82) is 0 Å². The van der Waals surface area contributed by atoms with Gasteiger partial charge in [0, 0.05) is 37.7 Å². The molecule has 4 aromatic carbocycles. The van der Waals surface area contributed by atoms with Gasteiger partial charge in [-0.25, -0.2) is 0 Å². The first kappa shape index (κ1) is 59.7. The van der Waals surface area contributed by atoms with Gasteiger partial charge in [-0.1, -0.05) is 146 Å². The molecule has 1 saturated heterocycles. The van der Waals surface area contributed by atoms with Crippen molar-refractivity contribution in [2.75, 3.05) is 20.6 Å². The summed E-state index contributed by atoms with van der Waals surface area (Å²) < 4.78 is 0. The van der Waals surface area contributed by atoms with Crippen molar-refractivity contribution in [2.24, 2.45) is 10.8 Å². The van der Waals surface area contributed by atoms with Crippen LogP contribution in [0.1, 0.15) is 150 Å². The molecule has 9 atom stereocenters. The maximum absolute atomic E-state index is 15.7. The molecular formula is C63H85N9O7. The number of likely N-dealkylation sites (tertiary alicyclic amines) is 1. The van der Waals surface area contributed by atoms with Crippen LogP contribution in [-0.4, -0.2) is 119 Å². The number of nitrogens with one attached hydrogen (secondary N) is 6. The van der Waals surface area contributed by atoms with Crippen LogP contribution in [0.2, 0.25) is 0 Å². The Balaban J connectivity index is 1.16. The van der Waals surface area contributed by atoms with Crippen LogP contribution in [0.15, 0.2) is 103 Å². The Bertz CT molecular complexity index is 2810. The number of benzene rings is 4. The molecule has 3 aliphatic rings. The minimum Gasteiger partial charge on any atom is -0.347 e. The van der Waals surface area contributed by atoms with Crippen molar-refractivity contribution < 1.29 is 33.6 Å². The van der Waals surface area contributed by atoms with Crippen LogP contribution in [0.4, 0.5) is 0 Å². The number of fused-ring (bicyclic) bond motifs is 2. The molecule has 0 unspecified atom stereocenters. The van der Waals surface area contributed by atoms with E-state index in [2.05, 4.69) is 44.9 Å². The maximum atomic E-state index is 15.7. The SMILES string of the molecule is CCC[C@H](c1ccccc1)N(Cc1ccc(C(=O)N[C@H]2C[C@@H](C(=O)N[C@@H]3CCCc4ccccc43)N(C(=O)[C@@H](NC(=O)[C@H](C)NC)C(C)(C)C)C2)cc1)C(=O)[C@@H]1Cc2ccccc2CN1C(=O)[C@@H](NC(=O)[C@H](C)NC)C(C)(C)C. The summed E-state index contributed by atoms with van der Waals surface area (Å²) in [4.78, 5) is 106. The summed E-state index contributed by atoms with van der Waals surface area (Å²) in [7, 11) is 3.36. The molecule has 7 rings (SSSR count). The standard InChI is InChI=1S/C63H85N9O7/c1-12-21-50(43-23-14-13-15-24-43)70(59(77)52-34-45-25-16-17-26-46(45)37-71(52)60(78)53(62(4,5)6)68-55(73)39(2)64-10)36-41-30-32-44(33-31-41)57(75)66-47-35-51(58(76)67-49-29-20-27-42-22-18-19-28-48(42)49)72(38-47)61(79)54(63(7,8)9)69-56(74)40(3)65-11/h13-19,22-26,28,30-33,39-40,47,49-54,64-65H,12,20-21,27,29,34-38H2,1-11H3,(H,66,75)(H,67,76)(H,68,73)(H,69,74)/t39-,40-,47-,49+,50+,51-,52-,53+,54+/m0/s1. The fourth-order valence-electron chi connectivity index (χ4n) is 11.2. The predicted molar refractivity (Wildman–Crippen MR) is 307 cm³/mol. The third-order valence-corrected chi connectivity index (χ3v) is 16.2. The van der Waals surface area contributed by atoms with Gasteiger partial charge >= 0.3 is 0 Å². The summed E-state index contributed by atoms with van der Waals surface area (Å²) in [5.74, 6) is -2.35. The van der Waals surface area contributed by atoms with Crippen LogP contribution in [-0.2, 0) is 54.7 Å². The van der Waals surface area contributed by atoms with E-state index in [1.807, 2.05) is 131 Å². The van der Waals surface area contributed by atoms with Crippen molar-refractivity contribution in [2.45, 2.75) is 175 Å². The van der Waals surface area contributed by atoms with E-state index in [0.29, 0.717) is 12.0 Å². The highest BCUT2D eigenvalue weighted by Crippen LogP contribution is 2.35. The second-order valence-electron chi connectivity index (χ2n) is 24.0. The highest BCUT2D eigenvalue weighted by molar-refractivity contribution is 5.97. The number of aryl methyl sites for hydroxylation is 1. The quantitative estimate of drug-likeness (QED) is 0.0593. The summed E-state index contributed by atoms with van der Waals surface area (Å²) in [5.41, 5.74) is 4.81. The topological polar surface area (TPSA) is 201 Å². The Kier molecular flexibility index (Phi) is 19.6. The summed E-state index contributed by atoms with van der Waals surface area (Å²) in [6, 6.07) is 26.9. The molecule has 16 heteroatoms. The number of carbonyl (C=O) groups excluding carboxylic acids is 7. The van der Waals surface area contributed by atoms with Gasteiger partial charge in [-0.15, -0.1) is 0 Å². The second kappa shape index (κ2) is 25.9. The number of hydrogen-bond donors (Lipinski definition) is 6. The first-order chi connectivity index (χ1) is 37.5. The summed E-state index contributed by atoms with van der Waals surface area (Å²) in [5, 5.41) is 18.3. The van der Waals surface area contributed by atoms with Crippen LogP contribution >= 0.6 is 0 Å². The number of nitrogens with zero attached hydrogens (tertiary/aromatic N) is 3. The van der Waals surface area contributed by atoms with Crippen LogP contribution < -0.4 is 31.9 Å². The normalized spacial score (nSPS) is 20.0. The lowest BCUT2D eigenvalue weighted by molar-refractivity contribution is -0.152. The van der Waals surface area contributed by atoms with E-state index in [-0.39, 0.29) is 74.1 Å². The zero-order valence-electron chi connectivity index (χ0n) is 48.3. The lowest BCUT2D eigenvalue weighted by Crippen LogP contribution is -2.62. The average Bonchev–Trinajstić information content (AvgIpc) is 3.92. The van der Waals surface area contributed by atoms with Gasteiger partial charge in [0.2, 0.25) is 35.4 Å². The van der Waals surface area contributed by atoms with E-state index < -0.39 is 64.9 Å². The molecule has 424 valence electrons. The lowest BCUT2D eigenvalue weighted by atomic mass is 9.84. The lowest BCUT2D eigenvalue weighted by Gasteiger charge is -2.44. The van der Waals surface area contributed by atoms with Crippen molar-refractivity contribution in [1.82, 2.24) is 46.6 Å². The van der Waals surface area contributed by atoms with Gasteiger partial charge in [0.15, 0.2) is 0 Å². The molecule has 1 aliphatic carbocycles. The zero-order chi connectivity index (χ0) is 57.3. The Hall–Kier alpha value is -6.91. The number of rotatable bonds is 19. The summed E-state index contributed by atoms with van der Waals surface area (Å²) in [6.07, 6.45) is 4.42. The van der Waals surface area contributed by atoms with E-state index >= 15 is 9.59 Å². The van der Waals surface area contributed by atoms with Crippen molar-refractivity contribution in [3.05, 3.63) is 142 Å². The maximum Gasteiger partial charge on any atom is 0.251 e. The van der Waals surface area contributed by atoms with Crippen LogP contribution in [0, 0.1) is 10.8 Å². The highest BCUT2D eigenvalue weighted by atomic mass is 16.2. The molecule has 6 N–H and O–H groups in total. The number of likely N-dealkylation sites (N-methyl/N-ethyl adjacent to an activating group) is 2. The Morgan fingerprint density at radius 3 is 1.80 bits per heavy atom. The van der Waals surface area contributed by atoms with Gasteiger partial charge < -0.3 is 46.6 Å². The minimum absolute atomic E-state index is 0.0461. The largest absolute Gasteiger partial charge is 0.347 e. The smallest absolute Gasteiger partial charge is 0.251 e. The number of amides is 7. The van der Waals surface area contributed by atoms with E-state index in [0.717, 1.165) is 53.5 Å².